The van der Waals surface area contributed by atoms with E-state index in [0.29, 0.717) is 6.20 Å². The molecule has 170 valence electrons. The summed E-state index contributed by atoms with van der Waals surface area (Å²) >= 11 is 6.13. The maximum atomic E-state index is 13.2. The molecule has 0 saturated carbocycles. The number of halogens is 4. The van der Waals surface area contributed by atoms with Crippen LogP contribution in [0.1, 0.15) is 38.8 Å². The Balaban J connectivity index is 2.37. The van der Waals surface area contributed by atoms with E-state index in [1.807, 2.05) is 0 Å². The maximum Gasteiger partial charge on any atom is 0.419 e. The van der Waals surface area contributed by atoms with Crippen molar-refractivity contribution in [1.82, 2.24) is 9.88 Å². The number of esters is 1. The Morgan fingerprint density at radius 2 is 1.97 bits per heavy atom. The van der Waals surface area contributed by atoms with Gasteiger partial charge in [0, 0.05) is 32.8 Å². The minimum absolute atomic E-state index is 0.0448. The zero-order valence-corrected chi connectivity index (χ0v) is 18.2. The average Bonchev–Trinajstić information content (AvgIpc) is 2.63. The lowest BCUT2D eigenvalue weighted by Gasteiger charge is -2.42. The number of carbonyl (C=O) groups is 2. The highest BCUT2D eigenvalue weighted by atomic mass is 35.5. The number of nitriles is 1. The van der Waals surface area contributed by atoms with Crippen LogP contribution in [-0.4, -0.2) is 59.8 Å². The summed E-state index contributed by atoms with van der Waals surface area (Å²) in [6, 6.07) is 0.811. The van der Waals surface area contributed by atoms with Gasteiger partial charge in [-0.15, -0.1) is 0 Å². The molecule has 1 atom stereocenters. The molecule has 0 radical (unpaired) electrons. The highest BCUT2D eigenvalue weighted by Crippen LogP contribution is 2.38. The van der Waals surface area contributed by atoms with Crippen LogP contribution in [0.5, 0.6) is 0 Å². The minimum atomic E-state index is -4.80. The van der Waals surface area contributed by atoms with Gasteiger partial charge in [-0.05, 0) is 20.8 Å². The van der Waals surface area contributed by atoms with E-state index in [1.165, 1.54) is 22.8 Å². The summed E-state index contributed by atoms with van der Waals surface area (Å²) in [5.74, 6) is -0.634. The largest absolute Gasteiger partial charge is 0.464 e. The average molecular weight is 463 g/mol. The number of piperazine rings is 1. The first-order chi connectivity index (χ1) is 14.2. The Morgan fingerprint density at radius 3 is 2.48 bits per heavy atom. The van der Waals surface area contributed by atoms with E-state index < -0.39 is 46.0 Å². The Hall–Kier alpha value is -2.74. The van der Waals surface area contributed by atoms with Crippen LogP contribution >= 0.6 is 11.6 Å². The molecule has 0 bridgehead atoms. The first-order valence-electron chi connectivity index (χ1n) is 9.28. The van der Waals surface area contributed by atoms with Crippen molar-refractivity contribution in [3.8, 4) is 6.07 Å². The third-order valence-electron chi connectivity index (χ3n) is 4.30. The Morgan fingerprint density at radius 1 is 1.32 bits per heavy atom. The van der Waals surface area contributed by atoms with Gasteiger partial charge >= 0.3 is 18.2 Å². The van der Waals surface area contributed by atoms with Crippen molar-refractivity contribution >= 4 is 29.5 Å². The van der Waals surface area contributed by atoms with Crippen molar-refractivity contribution in [3.63, 3.8) is 0 Å². The van der Waals surface area contributed by atoms with E-state index in [9.17, 15) is 28.0 Å². The first-order valence-corrected chi connectivity index (χ1v) is 9.66. The zero-order valence-electron chi connectivity index (χ0n) is 17.4. The number of hydrogen-bond donors (Lipinski definition) is 0. The van der Waals surface area contributed by atoms with Gasteiger partial charge < -0.3 is 19.3 Å². The number of alkyl halides is 3. The number of amides is 1. The summed E-state index contributed by atoms with van der Waals surface area (Å²) in [6.45, 7) is 6.50. The van der Waals surface area contributed by atoms with Gasteiger partial charge in [-0.1, -0.05) is 11.6 Å². The standard InChI is InChI=1S/C19H22ClF3N4O4/c1-11(28)30-10-12-9-26(17(29)31-18(2,3)4)5-6-27(12)16-15(20)13(7-24)14(8-25-16)19(21,22)23/h8,12H,5-6,9-10H2,1-4H3/t12-/m1/s1. The topological polar surface area (TPSA) is 95.8 Å². The van der Waals surface area contributed by atoms with Crippen molar-refractivity contribution in [2.45, 2.75) is 45.5 Å². The normalized spacial score (nSPS) is 17.2. The number of anilines is 1. The lowest BCUT2D eigenvalue weighted by Crippen LogP contribution is -2.57. The van der Waals surface area contributed by atoms with Crippen LogP contribution in [0.3, 0.4) is 0 Å². The maximum absolute atomic E-state index is 13.2. The second-order valence-electron chi connectivity index (χ2n) is 7.87. The molecular formula is C19H22ClF3N4O4. The summed E-state index contributed by atoms with van der Waals surface area (Å²) in [6.07, 6.45) is -4.83. The van der Waals surface area contributed by atoms with Gasteiger partial charge in [-0.25, -0.2) is 9.78 Å². The summed E-state index contributed by atoms with van der Waals surface area (Å²) in [5.41, 5.74) is -2.72. The second-order valence-corrected chi connectivity index (χ2v) is 8.25. The fourth-order valence-electron chi connectivity index (χ4n) is 2.98. The summed E-state index contributed by atoms with van der Waals surface area (Å²) in [5, 5.41) is 8.77. The lowest BCUT2D eigenvalue weighted by molar-refractivity contribution is -0.141. The Labute approximate surface area is 182 Å². The van der Waals surface area contributed by atoms with Crippen molar-refractivity contribution in [2.24, 2.45) is 0 Å². The van der Waals surface area contributed by atoms with Crippen molar-refractivity contribution in [1.29, 1.82) is 5.26 Å². The molecule has 2 heterocycles. The molecule has 0 spiro atoms. The van der Waals surface area contributed by atoms with Gasteiger partial charge in [0.1, 0.15) is 29.1 Å². The SMILES string of the molecule is CC(=O)OC[C@H]1CN(C(=O)OC(C)(C)C)CCN1c1ncc(C(F)(F)F)c(C#N)c1Cl. The number of ether oxygens (including phenoxy) is 2. The lowest BCUT2D eigenvalue weighted by atomic mass is 10.1. The monoisotopic (exact) mass is 462 g/mol. The highest BCUT2D eigenvalue weighted by molar-refractivity contribution is 6.34. The fourth-order valence-corrected chi connectivity index (χ4v) is 3.29. The first kappa shape index (κ1) is 24.5. The van der Waals surface area contributed by atoms with E-state index in [1.54, 1.807) is 20.8 Å². The van der Waals surface area contributed by atoms with Crippen LogP contribution in [0.2, 0.25) is 5.02 Å². The van der Waals surface area contributed by atoms with E-state index >= 15 is 0 Å². The summed E-state index contributed by atoms with van der Waals surface area (Å²) in [4.78, 5) is 30.5. The molecule has 0 N–H and O–H groups in total. The number of pyridine rings is 1. The van der Waals surface area contributed by atoms with Gasteiger partial charge in [0.05, 0.1) is 17.2 Å². The third kappa shape index (κ3) is 6.13. The molecule has 1 aromatic rings. The molecular weight excluding hydrogens is 441 g/mol. The Bertz CT molecular complexity index is 896. The van der Waals surface area contributed by atoms with E-state index in [-0.39, 0.29) is 32.1 Å². The molecule has 8 nitrogen and oxygen atoms in total. The molecule has 1 fully saturated rings. The van der Waals surface area contributed by atoms with Crippen molar-refractivity contribution < 1.29 is 32.2 Å². The van der Waals surface area contributed by atoms with Gasteiger partial charge in [0.15, 0.2) is 0 Å². The number of carbonyl (C=O) groups excluding carboxylic acids is 2. The van der Waals surface area contributed by atoms with Crippen molar-refractivity contribution in [2.75, 3.05) is 31.1 Å². The van der Waals surface area contributed by atoms with E-state index in [4.69, 9.17) is 21.1 Å². The molecule has 0 aromatic carbocycles. The van der Waals surface area contributed by atoms with Gasteiger partial charge in [-0.3, -0.25) is 4.79 Å². The van der Waals surface area contributed by atoms with E-state index in [0.717, 1.165) is 0 Å². The Kier molecular flexibility index (Phi) is 7.26. The summed E-state index contributed by atoms with van der Waals surface area (Å²) < 4.78 is 49.9. The van der Waals surface area contributed by atoms with Crippen LogP contribution in [0.4, 0.5) is 23.8 Å². The van der Waals surface area contributed by atoms with Crippen LogP contribution < -0.4 is 4.90 Å². The molecule has 1 aliphatic rings. The molecule has 31 heavy (non-hydrogen) atoms. The molecule has 12 heteroatoms. The van der Waals surface area contributed by atoms with Gasteiger partial charge in [0.2, 0.25) is 0 Å². The molecule has 0 unspecified atom stereocenters. The number of nitrogens with zero attached hydrogens (tertiary/aromatic N) is 4. The molecule has 1 amide bonds. The number of hydrogen-bond acceptors (Lipinski definition) is 7. The fraction of sp³-hybridized carbons (Fsp3) is 0.579. The molecule has 1 saturated heterocycles. The minimum Gasteiger partial charge on any atom is -0.464 e. The summed E-state index contributed by atoms with van der Waals surface area (Å²) in [7, 11) is 0. The van der Waals surface area contributed by atoms with Crippen molar-refractivity contribution in [3.05, 3.63) is 22.3 Å². The molecule has 1 aliphatic heterocycles. The number of rotatable bonds is 3. The van der Waals surface area contributed by atoms with E-state index in [2.05, 4.69) is 4.98 Å². The van der Waals surface area contributed by atoms with Crippen LogP contribution in [0.15, 0.2) is 6.20 Å². The molecule has 0 aliphatic carbocycles. The smallest absolute Gasteiger partial charge is 0.419 e. The highest BCUT2D eigenvalue weighted by Gasteiger charge is 2.39. The quantitative estimate of drug-likeness (QED) is 0.633. The van der Waals surface area contributed by atoms with Gasteiger partial charge in [0.25, 0.3) is 0 Å². The van der Waals surface area contributed by atoms with Gasteiger partial charge in [-0.2, -0.15) is 18.4 Å². The van der Waals surface area contributed by atoms with Crippen LogP contribution in [0.25, 0.3) is 0 Å². The molecule has 1 aromatic heterocycles. The predicted molar refractivity (Wildman–Crippen MR) is 105 cm³/mol. The molecule has 2 rings (SSSR count). The predicted octanol–water partition coefficient (Wildman–Crippen LogP) is 3.61. The van der Waals surface area contributed by atoms with Crippen LogP contribution in [0, 0.1) is 11.3 Å². The third-order valence-corrected chi connectivity index (χ3v) is 4.66. The number of aromatic nitrogens is 1. The zero-order chi connectivity index (χ0) is 23.6. The van der Waals surface area contributed by atoms with Crippen LogP contribution in [-0.2, 0) is 20.4 Å². The second kappa shape index (κ2) is 9.18.